The van der Waals surface area contributed by atoms with Crippen LogP contribution in [0.4, 0.5) is 0 Å². The lowest BCUT2D eigenvalue weighted by molar-refractivity contribution is -0.141. The molecule has 2 heterocycles. The standard InChI is InChI=1S/C15H14BrN3O3/c16-10-5-3-9(4-6-10)11-8-12(18-17-11)14(20)19-7-1-2-13(19)15(21)22/h3-6,8,13H,1-2,7H2,(H,17,18)(H,21,22)/t13-/m0/s1. The average molecular weight is 364 g/mol. The van der Waals surface area contributed by atoms with Crippen LogP contribution in [0, 0.1) is 0 Å². The Bertz CT molecular complexity index is 711. The number of amides is 1. The summed E-state index contributed by atoms with van der Waals surface area (Å²) in [6, 6.07) is 8.49. The van der Waals surface area contributed by atoms with Crippen LogP contribution in [0.3, 0.4) is 0 Å². The van der Waals surface area contributed by atoms with Gasteiger partial charge < -0.3 is 10.0 Å². The highest BCUT2D eigenvalue weighted by Crippen LogP contribution is 2.23. The van der Waals surface area contributed by atoms with Gasteiger partial charge in [-0.05, 0) is 31.0 Å². The summed E-state index contributed by atoms with van der Waals surface area (Å²) in [7, 11) is 0. The Hall–Kier alpha value is -2.15. The van der Waals surface area contributed by atoms with Crippen LogP contribution in [0.2, 0.25) is 0 Å². The van der Waals surface area contributed by atoms with E-state index in [1.54, 1.807) is 6.07 Å². The number of carbonyl (C=O) groups is 2. The number of H-pyrrole nitrogens is 1. The number of halogens is 1. The lowest BCUT2D eigenvalue weighted by atomic mass is 10.1. The molecule has 0 spiro atoms. The van der Waals surface area contributed by atoms with Crippen LogP contribution in [0.1, 0.15) is 23.3 Å². The molecule has 1 atom stereocenters. The van der Waals surface area contributed by atoms with Crippen molar-refractivity contribution in [2.24, 2.45) is 0 Å². The average Bonchev–Trinajstić information content (AvgIpc) is 3.17. The number of aromatic amines is 1. The molecule has 0 radical (unpaired) electrons. The van der Waals surface area contributed by atoms with Crippen LogP contribution in [0.15, 0.2) is 34.8 Å². The Morgan fingerprint density at radius 1 is 1.32 bits per heavy atom. The summed E-state index contributed by atoms with van der Waals surface area (Å²) in [6.07, 6.45) is 1.20. The fourth-order valence-corrected chi connectivity index (χ4v) is 2.89. The molecule has 1 aromatic heterocycles. The van der Waals surface area contributed by atoms with Crippen molar-refractivity contribution >= 4 is 27.8 Å². The zero-order valence-electron chi connectivity index (χ0n) is 11.6. The Labute approximate surface area is 135 Å². The van der Waals surface area contributed by atoms with Gasteiger partial charge in [0.15, 0.2) is 0 Å². The van der Waals surface area contributed by atoms with Gasteiger partial charge in [0, 0.05) is 16.6 Å². The number of nitrogens with one attached hydrogen (secondary N) is 1. The molecule has 6 nitrogen and oxygen atoms in total. The Kier molecular flexibility index (Phi) is 3.98. The number of nitrogens with zero attached hydrogens (tertiary/aromatic N) is 2. The smallest absolute Gasteiger partial charge is 0.326 e. The summed E-state index contributed by atoms with van der Waals surface area (Å²) < 4.78 is 0.962. The SMILES string of the molecule is O=C(O)[C@@H]1CCCN1C(=O)c1cc(-c2ccc(Br)cc2)n[nH]1. The van der Waals surface area contributed by atoms with E-state index in [0.29, 0.717) is 30.8 Å². The predicted octanol–water partition coefficient (Wildman–Crippen LogP) is 2.53. The van der Waals surface area contributed by atoms with Crippen molar-refractivity contribution < 1.29 is 14.7 Å². The van der Waals surface area contributed by atoms with Gasteiger partial charge in [0.05, 0.1) is 5.69 Å². The van der Waals surface area contributed by atoms with Gasteiger partial charge in [-0.3, -0.25) is 9.89 Å². The van der Waals surface area contributed by atoms with Crippen LogP contribution >= 0.6 is 15.9 Å². The maximum Gasteiger partial charge on any atom is 0.326 e. The summed E-state index contributed by atoms with van der Waals surface area (Å²) in [6.45, 7) is 0.461. The molecule has 1 aromatic carbocycles. The molecule has 0 aliphatic carbocycles. The van der Waals surface area contributed by atoms with E-state index in [4.69, 9.17) is 5.11 Å². The zero-order chi connectivity index (χ0) is 15.7. The lowest BCUT2D eigenvalue weighted by Gasteiger charge is -2.20. The monoisotopic (exact) mass is 363 g/mol. The lowest BCUT2D eigenvalue weighted by Crippen LogP contribution is -2.40. The predicted molar refractivity (Wildman–Crippen MR) is 83.4 cm³/mol. The molecule has 0 unspecified atom stereocenters. The Balaban J connectivity index is 1.82. The first-order valence-electron chi connectivity index (χ1n) is 6.91. The van der Waals surface area contributed by atoms with Crippen molar-refractivity contribution in [2.45, 2.75) is 18.9 Å². The third kappa shape index (κ3) is 2.76. The quantitative estimate of drug-likeness (QED) is 0.876. The number of aromatic nitrogens is 2. The maximum atomic E-state index is 12.4. The fraction of sp³-hybridized carbons (Fsp3) is 0.267. The first kappa shape index (κ1) is 14.8. The van der Waals surface area contributed by atoms with Gasteiger partial charge in [-0.15, -0.1) is 0 Å². The van der Waals surface area contributed by atoms with Gasteiger partial charge >= 0.3 is 5.97 Å². The molecule has 2 N–H and O–H groups in total. The van der Waals surface area contributed by atoms with Crippen LogP contribution < -0.4 is 0 Å². The minimum absolute atomic E-state index is 0.311. The molecular weight excluding hydrogens is 350 g/mol. The van der Waals surface area contributed by atoms with E-state index in [9.17, 15) is 9.59 Å². The number of hydrogen-bond acceptors (Lipinski definition) is 3. The topological polar surface area (TPSA) is 86.3 Å². The van der Waals surface area contributed by atoms with E-state index in [1.165, 1.54) is 4.90 Å². The Morgan fingerprint density at radius 3 is 2.73 bits per heavy atom. The third-order valence-electron chi connectivity index (χ3n) is 3.75. The molecule has 7 heteroatoms. The molecule has 1 aliphatic heterocycles. The third-order valence-corrected chi connectivity index (χ3v) is 4.28. The molecule has 1 fully saturated rings. The van der Waals surface area contributed by atoms with E-state index in [-0.39, 0.29) is 5.91 Å². The molecular formula is C15H14BrN3O3. The van der Waals surface area contributed by atoms with E-state index in [1.807, 2.05) is 24.3 Å². The number of hydrogen-bond donors (Lipinski definition) is 2. The van der Waals surface area contributed by atoms with Crippen LogP contribution in [-0.4, -0.2) is 44.7 Å². The number of carboxylic acid groups (broad SMARTS) is 1. The Morgan fingerprint density at radius 2 is 2.05 bits per heavy atom. The van der Waals surface area contributed by atoms with Crippen molar-refractivity contribution in [3.8, 4) is 11.3 Å². The van der Waals surface area contributed by atoms with Gasteiger partial charge in [-0.2, -0.15) is 5.10 Å². The van der Waals surface area contributed by atoms with E-state index in [2.05, 4.69) is 26.1 Å². The summed E-state index contributed by atoms with van der Waals surface area (Å²) in [5.74, 6) is -1.28. The number of benzene rings is 1. The summed E-state index contributed by atoms with van der Waals surface area (Å²) >= 11 is 3.37. The summed E-state index contributed by atoms with van der Waals surface area (Å²) in [4.78, 5) is 25.0. The van der Waals surface area contributed by atoms with Crippen LogP contribution in [-0.2, 0) is 4.79 Å². The maximum absolute atomic E-state index is 12.4. The van der Waals surface area contributed by atoms with Crippen molar-refractivity contribution in [3.63, 3.8) is 0 Å². The number of carboxylic acids is 1. The largest absolute Gasteiger partial charge is 0.480 e. The van der Waals surface area contributed by atoms with E-state index in [0.717, 1.165) is 10.0 Å². The van der Waals surface area contributed by atoms with Gasteiger partial charge in [0.25, 0.3) is 5.91 Å². The number of carbonyl (C=O) groups excluding carboxylic acids is 1. The summed E-state index contributed by atoms with van der Waals surface area (Å²) in [5, 5.41) is 16.0. The number of likely N-dealkylation sites (tertiary alicyclic amines) is 1. The minimum atomic E-state index is -0.960. The van der Waals surface area contributed by atoms with Gasteiger partial charge in [0.1, 0.15) is 11.7 Å². The highest BCUT2D eigenvalue weighted by Gasteiger charge is 2.35. The molecule has 22 heavy (non-hydrogen) atoms. The molecule has 1 amide bonds. The second kappa shape index (κ2) is 5.92. The highest BCUT2D eigenvalue weighted by atomic mass is 79.9. The van der Waals surface area contributed by atoms with Gasteiger partial charge in [0.2, 0.25) is 0 Å². The molecule has 114 valence electrons. The molecule has 1 saturated heterocycles. The normalized spacial score (nSPS) is 17.7. The highest BCUT2D eigenvalue weighted by molar-refractivity contribution is 9.10. The van der Waals surface area contributed by atoms with E-state index >= 15 is 0 Å². The minimum Gasteiger partial charge on any atom is -0.480 e. The molecule has 0 saturated carbocycles. The molecule has 3 rings (SSSR count). The van der Waals surface area contributed by atoms with Crippen molar-refractivity contribution in [1.82, 2.24) is 15.1 Å². The van der Waals surface area contributed by atoms with Crippen molar-refractivity contribution in [1.29, 1.82) is 0 Å². The van der Waals surface area contributed by atoms with Crippen LogP contribution in [0.5, 0.6) is 0 Å². The second-order valence-corrected chi connectivity index (χ2v) is 6.08. The number of aliphatic carboxylic acids is 1. The zero-order valence-corrected chi connectivity index (χ0v) is 13.2. The van der Waals surface area contributed by atoms with Gasteiger partial charge in [-0.1, -0.05) is 28.1 Å². The van der Waals surface area contributed by atoms with Crippen molar-refractivity contribution in [2.75, 3.05) is 6.54 Å². The molecule has 0 bridgehead atoms. The second-order valence-electron chi connectivity index (χ2n) is 5.17. The van der Waals surface area contributed by atoms with Crippen LogP contribution in [0.25, 0.3) is 11.3 Å². The number of rotatable bonds is 3. The van der Waals surface area contributed by atoms with E-state index < -0.39 is 12.0 Å². The molecule has 1 aliphatic rings. The van der Waals surface area contributed by atoms with Crippen molar-refractivity contribution in [3.05, 3.63) is 40.5 Å². The summed E-state index contributed by atoms with van der Waals surface area (Å²) in [5.41, 5.74) is 1.85. The molecule has 2 aromatic rings. The fourth-order valence-electron chi connectivity index (χ4n) is 2.62. The first-order valence-corrected chi connectivity index (χ1v) is 7.70. The first-order chi connectivity index (χ1) is 10.6. The van der Waals surface area contributed by atoms with Gasteiger partial charge in [-0.25, -0.2) is 4.79 Å².